The second-order valence-electron chi connectivity index (χ2n) is 2.64. The van der Waals surface area contributed by atoms with Gasteiger partial charge < -0.3 is 0 Å². The predicted molar refractivity (Wildman–Crippen MR) is 61.3 cm³/mol. The van der Waals surface area contributed by atoms with Gasteiger partial charge in [-0.25, -0.2) is 4.21 Å². The van der Waals surface area contributed by atoms with Gasteiger partial charge in [0.2, 0.25) is 5.91 Å². The molecule has 3 nitrogen and oxygen atoms in total. The minimum atomic E-state index is -2.72. The van der Waals surface area contributed by atoms with Gasteiger partial charge >= 0.3 is 0 Å². The molecule has 0 spiro atoms. The molecule has 6 heteroatoms. The van der Waals surface area contributed by atoms with Gasteiger partial charge in [0.05, 0.1) is 14.7 Å². The largest absolute Gasteiger partial charge is 0.279 e. The lowest BCUT2D eigenvalue weighted by atomic mass is 10.5. The molecule has 1 atom stereocenters. The van der Waals surface area contributed by atoms with Crippen LogP contribution >= 0.6 is 22.9 Å². The van der Waals surface area contributed by atoms with Crippen molar-refractivity contribution in [3.05, 3.63) is 16.5 Å². The second kappa shape index (κ2) is 4.33. The van der Waals surface area contributed by atoms with E-state index < -0.39 is 9.71 Å². The number of hydrogen-bond donors (Lipinski definition) is 1. The van der Waals surface area contributed by atoms with Gasteiger partial charge in [-0.3, -0.25) is 9.52 Å². The molecule has 0 aliphatic carbocycles. The molecular formula is C8H10ClNO2S2. The first-order valence-electron chi connectivity index (χ1n) is 3.87. The van der Waals surface area contributed by atoms with Gasteiger partial charge in [0.25, 0.3) is 0 Å². The summed E-state index contributed by atoms with van der Waals surface area (Å²) >= 11 is 6.91. The minimum Gasteiger partial charge on any atom is -0.279 e. The Morgan fingerprint density at radius 2 is 2.43 bits per heavy atom. The quantitative estimate of drug-likeness (QED) is 0.835. The third-order valence-electron chi connectivity index (χ3n) is 1.47. The van der Waals surface area contributed by atoms with Gasteiger partial charge in [-0.05, 0) is 11.9 Å². The van der Waals surface area contributed by atoms with Crippen LogP contribution in [-0.2, 0) is 14.5 Å². The summed E-state index contributed by atoms with van der Waals surface area (Å²) in [5.74, 6) is 3.21. The molecule has 0 aliphatic rings. The van der Waals surface area contributed by atoms with Crippen LogP contribution < -0.4 is 4.72 Å². The lowest BCUT2D eigenvalue weighted by Gasteiger charge is -2.07. The van der Waals surface area contributed by atoms with E-state index in [1.54, 1.807) is 18.4 Å². The van der Waals surface area contributed by atoms with E-state index in [4.69, 9.17) is 11.6 Å². The third kappa shape index (κ3) is 2.73. The van der Waals surface area contributed by atoms with Crippen LogP contribution in [-0.4, -0.2) is 16.0 Å². The van der Waals surface area contributed by atoms with Crippen molar-refractivity contribution in [2.45, 2.75) is 17.6 Å². The van der Waals surface area contributed by atoms with E-state index in [1.165, 1.54) is 11.3 Å². The van der Waals surface area contributed by atoms with Crippen LogP contribution in [0.5, 0.6) is 0 Å². The fourth-order valence-corrected chi connectivity index (χ4v) is 3.46. The van der Waals surface area contributed by atoms with Gasteiger partial charge in [0, 0.05) is 11.8 Å². The van der Waals surface area contributed by atoms with Gasteiger partial charge in [-0.15, -0.1) is 11.3 Å². The minimum absolute atomic E-state index is 0.283. The summed E-state index contributed by atoms with van der Waals surface area (Å²) in [6.45, 7) is 1.69. The Kier molecular flexibility index (Phi) is 3.58. The number of thiophene rings is 1. The number of halogens is 1. The average Bonchev–Trinajstić information content (AvgIpc) is 2.51. The van der Waals surface area contributed by atoms with Crippen molar-refractivity contribution in [2.24, 2.45) is 0 Å². The Hall–Kier alpha value is -0.520. The van der Waals surface area contributed by atoms with Crippen molar-refractivity contribution in [1.82, 2.24) is 4.72 Å². The van der Waals surface area contributed by atoms with Crippen molar-refractivity contribution in [2.75, 3.05) is 0 Å². The van der Waals surface area contributed by atoms with Crippen LogP contribution in [0.25, 0.3) is 0 Å². The van der Waals surface area contributed by atoms with E-state index in [-0.39, 0.29) is 12.3 Å². The van der Waals surface area contributed by atoms with Gasteiger partial charge in [-0.1, -0.05) is 18.5 Å². The van der Waals surface area contributed by atoms with Crippen LogP contribution in [0.3, 0.4) is 0 Å². The number of amides is 1. The summed E-state index contributed by atoms with van der Waals surface area (Å²) in [4.78, 5) is 11.0. The number of rotatable bonds is 3. The maximum Gasteiger partial charge on any atom is 0.231 e. The molecule has 1 unspecified atom stereocenters. The summed E-state index contributed by atoms with van der Waals surface area (Å²) in [5, 5.41) is 2.16. The first-order chi connectivity index (χ1) is 6.45. The van der Waals surface area contributed by atoms with Crippen molar-refractivity contribution in [1.29, 1.82) is 0 Å². The Morgan fingerprint density at radius 1 is 1.79 bits per heavy atom. The zero-order valence-electron chi connectivity index (χ0n) is 7.58. The number of hydrogen-bond acceptors (Lipinski definition) is 3. The Balaban J connectivity index is 2.92. The first kappa shape index (κ1) is 11.6. The number of carbonyl (C=O) groups is 1. The highest BCUT2D eigenvalue weighted by atomic mass is 35.5. The summed E-state index contributed by atoms with van der Waals surface area (Å²) < 4.78 is 14.7. The van der Waals surface area contributed by atoms with E-state index in [0.717, 1.165) is 0 Å². The highest BCUT2D eigenvalue weighted by Gasteiger charge is 2.12. The van der Waals surface area contributed by atoms with Crippen molar-refractivity contribution in [3.8, 4) is 0 Å². The molecule has 14 heavy (non-hydrogen) atoms. The Bertz CT molecular complexity index is 436. The molecule has 0 saturated carbocycles. The monoisotopic (exact) mass is 251 g/mol. The smallest absolute Gasteiger partial charge is 0.231 e. The maximum atomic E-state index is 11.9. The van der Waals surface area contributed by atoms with Crippen molar-refractivity contribution >= 4 is 44.4 Å². The van der Waals surface area contributed by atoms with Crippen LogP contribution in [0.15, 0.2) is 15.7 Å². The van der Waals surface area contributed by atoms with Crippen LogP contribution in [0.4, 0.5) is 0 Å². The topological polar surface area (TPSA) is 46.2 Å². The molecule has 1 N–H and O–H groups in total. The van der Waals surface area contributed by atoms with Gasteiger partial charge in [-0.2, -0.15) is 0 Å². The van der Waals surface area contributed by atoms with E-state index in [9.17, 15) is 9.00 Å². The van der Waals surface area contributed by atoms with Gasteiger partial charge in [0.1, 0.15) is 4.21 Å². The van der Waals surface area contributed by atoms with E-state index in [0.29, 0.717) is 9.23 Å². The summed E-state index contributed by atoms with van der Waals surface area (Å²) in [7, 11) is -2.72. The van der Waals surface area contributed by atoms with Crippen molar-refractivity contribution < 1.29 is 9.00 Å². The van der Waals surface area contributed by atoms with Gasteiger partial charge in [0.15, 0.2) is 0 Å². The van der Waals surface area contributed by atoms with Crippen LogP contribution in [0.2, 0.25) is 5.02 Å². The molecule has 1 amide bonds. The molecule has 0 saturated heterocycles. The molecule has 0 bridgehead atoms. The molecule has 0 aromatic carbocycles. The highest BCUT2D eigenvalue weighted by Crippen LogP contribution is 2.23. The van der Waals surface area contributed by atoms with Crippen molar-refractivity contribution in [3.63, 3.8) is 0 Å². The molecule has 0 aliphatic heterocycles. The zero-order chi connectivity index (χ0) is 10.8. The molecule has 1 heterocycles. The number of nitrogens with one attached hydrogen (secondary N) is 1. The molecule has 1 aromatic heterocycles. The average molecular weight is 252 g/mol. The molecule has 1 aromatic rings. The zero-order valence-corrected chi connectivity index (χ0v) is 9.97. The Morgan fingerprint density at radius 3 is 2.86 bits per heavy atom. The van der Waals surface area contributed by atoms with Crippen LogP contribution in [0, 0.1) is 0 Å². The molecule has 1 rings (SSSR count). The lowest BCUT2D eigenvalue weighted by Crippen LogP contribution is -2.28. The number of carbonyl (C=O) groups excluding carboxylic acids is 1. The fraction of sp³-hybridized carbons (Fsp3) is 0.250. The maximum absolute atomic E-state index is 11.9. The summed E-state index contributed by atoms with van der Waals surface area (Å²) in [6.07, 6.45) is 0.283. The molecule has 78 valence electrons. The molecular weight excluding hydrogens is 242 g/mol. The van der Waals surface area contributed by atoms with E-state index in [2.05, 4.69) is 10.6 Å². The van der Waals surface area contributed by atoms with E-state index >= 15 is 0 Å². The fourth-order valence-electron chi connectivity index (χ4n) is 0.774. The predicted octanol–water partition coefficient (Wildman–Crippen LogP) is 1.92. The SMILES string of the molecule is C=S(=O)(NC(=O)CC)c1cc(Cl)cs1. The highest BCUT2D eigenvalue weighted by molar-refractivity contribution is 8.00. The lowest BCUT2D eigenvalue weighted by molar-refractivity contribution is -0.118. The van der Waals surface area contributed by atoms with E-state index in [1.807, 2.05) is 0 Å². The standard InChI is InChI=1S/C8H10ClNO2S2/c1-3-7(11)10-14(2,12)8-4-6(9)5-13-8/h4-5H,2-3H2,1H3,(H,10,11,12). The molecule has 0 fully saturated rings. The molecule has 0 radical (unpaired) electrons. The third-order valence-corrected chi connectivity index (χ3v) is 4.96. The summed E-state index contributed by atoms with van der Waals surface area (Å²) in [6, 6.07) is 1.55. The normalized spacial score (nSPS) is 14.7. The Labute approximate surface area is 92.2 Å². The second-order valence-corrected chi connectivity index (χ2v) is 6.24. The first-order valence-corrected chi connectivity index (χ1v) is 6.86. The van der Waals surface area contributed by atoms with Crippen LogP contribution in [0.1, 0.15) is 13.3 Å². The summed E-state index contributed by atoms with van der Waals surface area (Å²) in [5.41, 5.74) is 0.